The molecule has 2 rings (SSSR count). The van der Waals surface area contributed by atoms with E-state index in [0.717, 1.165) is 5.56 Å². The van der Waals surface area contributed by atoms with Crippen LogP contribution in [0.3, 0.4) is 0 Å². The van der Waals surface area contributed by atoms with E-state index in [4.69, 9.17) is 10.5 Å². The molecule has 0 aromatic heterocycles. The molecule has 0 heterocycles. The van der Waals surface area contributed by atoms with Gasteiger partial charge in [0.2, 0.25) is 5.91 Å². The number of hydrogen-bond donors (Lipinski definition) is 2. The van der Waals surface area contributed by atoms with E-state index in [0.29, 0.717) is 37.2 Å². The maximum absolute atomic E-state index is 13.2. The zero-order chi connectivity index (χ0) is 17.4. The van der Waals surface area contributed by atoms with Crippen molar-refractivity contribution in [3.05, 3.63) is 59.9 Å². The zero-order valence-corrected chi connectivity index (χ0v) is 15.0. The van der Waals surface area contributed by atoms with Crippen molar-refractivity contribution < 1.29 is 13.9 Å². The third-order valence-corrected chi connectivity index (χ3v) is 3.76. The van der Waals surface area contributed by atoms with Gasteiger partial charge < -0.3 is 15.8 Å². The number of aryl methyl sites for hydroxylation is 1. The maximum Gasteiger partial charge on any atom is 0.220 e. The maximum atomic E-state index is 13.2. The standard InChI is InChI=1S/C19H23FN2O2.ClH/c1-2-16(24-17-8-5-7-15(20)12-17)13-22-19(23)11-10-14-6-3-4-9-18(14)21;/h3-9,12,16H,2,10-11,13,21H2,1H3,(H,22,23);1H. The fourth-order valence-corrected chi connectivity index (χ4v) is 2.33. The van der Waals surface area contributed by atoms with Crippen LogP contribution >= 0.6 is 12.4 Å². The van der Waals surface area contributed by atoms with Gasteiger partial charge in [0.1, 0.15) is 17.7 Å². The van der Waals surface area contributed by atoms with E-state index >= 15 is 0 Å². The number of ether oxygens (including phenoxy) is 1. The van der Waals surface area contributed by atoms with Crippen LogP contribution < -0.4 is 15.8 Å². The summed E-state index contributed by atoms with van der Waals surface area (Å²) in [4.78, 5) is 12.0. The number of halogens is 2. The Morgan fingerprint density at radius 2 is 2.00 bits per heavy atom. The summed E-state index contributed by atoms with van der Waals surface area (Å²) in [5.74, 6) is 0.0690. The third kappa shape index (κ3) is 7.01. The SMILES string of the molecule is CCC(CNC(=O)CCc1ccccc1N)Oc1cccc(F)c1.Cl. The van der Waals surface area contributed by atoms with Gasteiger partial charge in [-0.25, -0.2) is 4.39 Å². The summed E-state index contributed by atoms with van der Waals surface area (Å²) in [6.07, 6.45) is 1.48. The first-order chi connectivity index (χ1) is 11.6. The highest BCUT2D eigenvalue weighted by molar-refractivity contribution is 5.85. The number of anilines is 1. The van der Waals surface area contributed by atoms with Crippen LogP contribution in [0.5, 0.6) is 5.75 Å². The van der Waals surface area contributed by atoms with E-state index in [-0.39, 0.29) is 30.2 Å². The van der Waals surface area contributed by atoms with Crippen molar-refractivity contribution in [2.45, 2.75) is 32.3 Å². The summed E-state index contributed by atoms with van der Waals surface area (Å²) in [7, 11) is 0. The molecule has 0 aliphatic carbocycles. The predicted molar refractivity (Wildman–Crippen MR) is 101 cm³/mol. The molecule has 0 aliphatic rings. The van der Waals surface area contributed by atoms with Crippen LogP contribution in [0.4, 0.5) is 10.1 Å². The normalized spacial score (nSPS) is 11.3. The number of hydrogen-bond acceptors (Lipinski definition) is 3. The number of carbonyl (C=O) groups is 1. The number of benzene rings is 2. The van der Waals surface area contributed by atoms with Crippen LogP contribution in [0, 0.1) is 5.82 Å². The molecule has 0 radical (unpaired) electrons. The second-order valence-corrected chi connectivity index (χ2v) is 5.61. The molecule has 6 heteroatoms. The summed E-state index contributed by atoms with van der Waals surface area (Å²) in [5, 5.41) is 2.86. The molecular weight excluding hydrogens is 343 g/mol. The molecule has 0 fully saturated rings. The van der Waals surface area contributed by atoms with Gasteiger partial charge in [0.25, 0.3) is 0 Å². The van der Waals surface area contributed by atoms with Gasteiger partial charge >= 0.3 is 0 Å². The van der Waals surface area contributed by atoms with Gasteiger partial charge in [0, 0.05) is 18.2 Å². The summed E-state index contributed by atoms with van der Waals surface area (Å²) < 4.78 is 18.9. The highest BCUT2D eigenvalue weighted by atomic mass is 35.5. The van der Waals surface area contributed by atoms with E-state index in [1.54, 1.807) is 12.1 Å². The molecule has 0 spiro atoms. The lowest BCUT2D eigenvalue weighted by Gasteiger charge is -2.18. The topological polar surface area (TPSA) is 64.4 Å². The summed E-state index contributed by atoms with van der Waals surface area (Å²) in [6, 6.07) is 13.5. The Hall–Kier alpha value is -2.27. The Morgan fingerprint density at radius 3 is 2.68 bits per heavy atom. The van der Waals surface area contributed by atoms with Crippen LogP contribution in [0.15, 0.2) is 48.5 Å². The molecule has 1 atom stereocenters. The predicted octanol–water partition coefficient (Wildman–Crippen LogP) is 3.74. The minimum Gasteiger partial charge on any atom is -0.489 e. The van der Waals surface area contributed by atoms with Gasteiger partial charge in [0.05, 0.1) is 6.54 Å². The average molecular weight is 367 g/mol. The Kier molecular flexibility index (Phi) is 8.78. The number of nitrogens with two attached hydrogens (primary N) is 1. The lowest BCUT2D eigenvalue weighted by atomic mass is 10.1. The van der Waals surface area contributed by atoms with Gasteiger partial charge in [0.15, 0.2) is 0 Å². The van der Waals surface area contributed by atoms with E-state index in [2.05, 4.69) is 5.32 Å². The van der Waals surface area contributed by atoms with Crippen molar-refractivity contribution in [3.8, 4) is 5.75 Å². The molecule has 0 bridgehead atoms. The Labute approximate surface area is 154 Å². The van der Waals surface area contributed by atoms with Crippen LogP contribution in [0.1, 0.15) is 25.3 Å². The van der Waals surface area contributed by atoms with Crippen LogP contribution in [0.25, 0.3) is 0 Å². The quantitative estimate of drug-likeness (QED) is 0.699. The Bertz CT molecular complexity index is 682. The fraction of sp³-hybridized carbons (Fsp3) is 0.316. The molecule has 2 aromatic carbocycles. The van der Waals surface area contributed by atoms with E-state index < -0.39 is 0 Å². The number of nitrogens with one attached hydrogen (secondary N) is 1. The van der Waals surface area contributed by atoms with Gasteiger partial charge in [-0.15, -0.1) is 12.4 Å². The summed E-state index contributed by atoms with van der Waals surface area (Å²) >= 11 is 0. The zero-order valence-electron chi connectivity index (χ0n) is 14.2. The van der Waals surface area contributed by atoms with E-state index in [1.165, 1.54) is 12.1 Å². The minimum absolute atomic E-state index is 0. The molecule has 0 saturated heterocycles. The number of nitrogen functional groups attached to an aromatic ring is 1. The average Bonchev–Trinajstić information content (AvgIpc) is 2.58. The van der Waals surface area contributed by atoms with Gasteiger partial charge in [-0.1, -0.05) is 31.2 Å². The molecular formula is C19H24ClFN2O2. The fourth-order valence-electron chi connectivity index (χ4n) is 2.33. The summed E-state index contributed by atoms with van der Waals surface area (Å²) in [6.45, 7) is 2.34. The van der Waals surface area contributed by atoms with Gasteiger partial charge in [-0.2, -0.15) is 0 Å². The Balaban J connectivity index is 0.00000312. The molecule has 3 N–H and O–H groups in total. The highest BCUT2D eigenvalue weighted by Crippen LogP contribution is 2.15. The number of rotatable bonds is 8. The molecule has 1 amide bonds. The number of carbonyl (C=O) groups excluding carboxylic acids is 1. The molecule has 1 unspecified atom stereocenters. The highest BCUT2D eigenvalue weighted by Gasteiger charge is 2.11. The van der Waals surface area contributed by atoms with Crippen molar-refractivity contribution in [1.82, 2.24) is 5.32 Å². The smallest absolute Gasteiger partial charge is 0.220 e. The first-order valence-electron chi connectivity index (χ1n) is 8.10. The van der Waals surface area contributed by atoms with E-state index in [1.807, 2.05) is 31.2 Å². The van der Waals surface area contributed by atoms with Crippen molar-refractivity contribution in [2.75, 3.05) is 12.3 Å². The Morgan fingerprint density at radius 1 is 1.24 bits per heavy atom. The van der Waals surface area contributed by atoms with Crippen molar-refractivity contribution >= 4 is 24.0 Å². The number of para-hydroxylation sites is 1. The van der Waals surface area contributed by atoms with Crippen molar-refractivity contribution in [3.63, 3.8) is 0 Å². The molecule has 0 saturated carbocycles. The minimum atomic E-state index is -0.341. The molecule has 0 aliphatic heterocycles. The second kappa shape index (κ2) is 10.6. The van der Waals surface area contributed by atoms with Crippen molar-refractivity contribution in [2.24, 2.45) is 0 Å². The number of amides is 1. The molecule has 4 nitrogen and oxygen atoms in total. The largest absolute Gasteiger partial charge is 0.489 e. The van der Waals surface area contributed by atoms with Crippen LogP contribution in [-0.4, -0.2) is 18.6 Å². The third-order valence-electron chi connectivity index (χ3n) is 3.76. The van der Waals surface area contributed by atoms with Gasteiger partial charge in [-0.05, 0) is 36.6 Å². The first-order valence-corrected chi connectivity index (χ1v) is 8.10. The lowest BCUT2D eigenvalue weighted by molar-refractivity contribution is -0.121. The van der Waals surface area contributed by atoms with Gasteiger partial charge in [-0.3, -0.25) is 4.79 Å². The van der Waals surface area contributed by atoms with Crippen molar-refractivity contribution in [1.29, 1.82) is 0 Å². The monoisotopic (exact) mass is 366 g/mol. The van der Waals surface area contributed by atoms with E-state index in [9.17, 15) is 9.18 Å². The lowest BCUT2D eigenvalue weighted by Crippen LogP contribution is -2.35. The summed E-state index contributed by atoms with van der Waals surface area (Å²) in [5.41, 5.74) is 7.53. The second-order valence-electron chi connectivity index (χ2n) is 5.61. The molecule has 25 heavy (non-hydrogen) atoms. The van der Waals surface area contributed by atoms with Crippen LogP contribution in [0.2, 0.25) is 0 Å². The first kappa shape index (κ1) is 20.8. The molecule has 2 aromatic rings. The molecule has 136 valence electrons. The van der Waals surface area contributed by atoms with Crippen LogP contribution in [-0.2, 0) is 11.2 Å².